The first-order valence-corrected chi connectivity index (χ1v) is 49.2. The Labute approximate surface area is 849 Å². The fourth-order valence-corrected chi connectivity index (χ4v) is 18.3. The average molecular weight is 1870 g/mol. The summed E-state index contributed by atoms with van der Waals surface area (Å²) < 4.78 is 0. The SMILES string of the molecule is CC(=Nc1ccccc1)c1cc(C)ccc1C.CN=C(c1ccc(C)cc1)c1ccc(C)cc1.CN=C(c1cccc(C)c1)c1cccc(C)c1.CN=C(c1ccccc1)c1cc(C)ccc1C.Cc1ccc(C(=Nc2ccccc2)c2ccc(C)cc2)cc1.Cc1ccc2c(c1)c(=O)c1cccc3c1c2c1cccc2c(=O)c4cc(C)ccc4c3c21.Cc1cccc(C(=Nc2ccccc2)c2cccc(C)c2)c1. The fourth-order valence-electron chi connectivity index (χ4n) is 18.3. The van der Waals surface area contributed by atoms with Gasteiger partial charge in [-0.25, -0.2) is 9.98 Å². The Morgan fingerprint density at radius 2 is 0.417 bits per heavy atom. The number of rotatable bonds is 14. The van der Waals surface area contributed by atoms with Crippen molar-refractivity contribution in [3.05, 3.63) is 584 Å². The number of hydrogen-bond acceptors (Lipinski definition) is 8. The highest BCUT2D eigenvalue weighted by Gasteiger charge is 2.23. The van der Waals surface area contributed by atoms with E-state index in [2.05, 4.69) is 389 Å². The van der Waals surface area contributed by atoms with Crippen LogP contribution in [0.2, 0.25) is 0 Å². The van der Waals surface area contributed by atoms with Crippen LogP contribution in [0, 0.1) is 96.9 Å². The van der Waals surface area contributed by atoms with Crippen LogP contribution >= 0.6 is 0 Å². The van der Waals surface area contributed by atoms with Crippen molar-refractivity contribution in [1.29, 1.82) is 0 Å². The maximum atomic E-state index is 13.6. The largest absolute Gasteiger partial charge is 0.289 e. The second-order valence-corrected chi connectivity index (χ2v) is 37.2. The summed E-state index contributed by atoms with van der Waals surface area (Å²) in [5.41, 5.74) is 39.5. The smallest absolute Gasteiger partial charge is 0.194 e. The molecule has 144 heavy (non-hydrogen) atoms. The zero-order valence-corrected chi connectivity index (χ0v) is 85.9. The highest BCUT2D eigenvalue weighted by Crippen LogP contribution is 2.45. The molecule has 0 N–H and O–H groups in total. The molecule has 0 aliphatic heterocycles. The molecule has 0 saturated heterocycles. The molecule has 0 spiro atoms. The molecule has 0 aliphatic carbocycles. The van der Waals surface area contributed by atoms with Gasteiger partial charge in [0.15, 0.2) is 10.9 Å². The lowest BCUT2D eigenvalue weighted by atomic mass is 9.84. The minimum Gasteiger partial charge on any atom is -0.289 e. The highest BCUT2D eigenvalue weighted by atomic mass is 16.1. The molecule has 0 amide bonds. The number of fused-ring (bicyclic) bond motifs is 6. The van der Waals surface area contributed by atoms with Crippen molar-refractivity contribution in [3.8, 4) is 0 Å². The average Bonchev–Trinajstić information content (AvgIpc) is 0.688. The van der Waals surface area contributed by atoms with Gasteiger partial charge >= 0.3 is 0 Å². The van der Waals surface area contributed by atoms with Crippen LogP contribution in [0.15, 0.2) is 464 Å². The lowest BCUT2D eigenvalue weighted by Crippen LogP contribution is -2.07. The van der Waals surface area contributed by atoms with Gasteiger partial charge in [0.1, 0.15) is 0 Å². The molecular weight excluding hydrogens is 1750 g/mol. The number of nitrogens with zero attached hydrogens (tertiary/aromatic N) is 6. The number of hydrogen-bond donors (Lipinski definition) is 0. The second-order valence-electron chi connectivity index (χ2n) is 37.2. The molecule has 0 aromatic heterocycles. The zero-order valence-electron chi connectivity index (χ0n) is 85.9. The number of aryl methyl sites for hydroxylation is 14. The summed E-state index contributed by atoms with van der Waals surface area (Å²) in [7, 11) is 5.54. The summed E-state index contributed by atoms with van der Waals surface area (Å²) in [6.45, 7) is 31.4. The van der Waals surface area contributed by atoms with Gasteiger partial charge in [-0.3, -0.25) is 29.6 Å². The van der Waals surface area contributed by atoms with Gasteiger partial charge in [0.25, 0.3) is 0 Å². The summed E-state index contributed by atoms with van der Waals surface area (Å²) in [6, 6.07) is 146. The van der Waals surface area contributed by atoms with Gasteiger partial charge in [0.05, 0.1) is 45.6 Å². The molecule has 0 fully saturated rings. The fraction of sp³-hybridized carbons (Fsp3) is 0.132. The molecule has 21 aromatic rings. The predicted octanol–water partition coefficient (Wildman–Crippen LogP) is 33.5. The first-order chi connectivity index (χ1) is 69.8. The molecule has 8 heteroatoms. The van der Waals surface area contributed by atoms with E-state index in [0.717, 1.165) is 149 Å². The second kappa shape index (κ2) is 47.8. The van der Waals surface area contributed by atoms with Crippen molar-refractivity contribution in [3.63, 3.8) is 0 Å². The number of aliphatic imine (C=N–C) groups is 6. The normalized spacial score (nSPS) is 11.0. The van der Waals surface area contributed by atoms with Crippen LogP contribution in [0.25, 0.3) is 64.6 Å². The van der Waals surface area contributed by atoms with Gasteiger partial charge in [-0.1, -0.05) is 406 Å². The molecule has 0 atom stereocenters. The first kappa shape index (κ1) is 101. The van der Waals surface area contributed by atoms with E-state index in [0.29, 0.717) is 0 Å². The monoisotopic (exact) mass is 1870 g/mol. The Morgan fingerprint density at radius 1 is 0.174 bits per heavy atom. The summed E-state index contributed by atoms with van der Waals surface area (Å²) in [6.07, 6.45) is 0. The number of benzene rings is 21. The lowest BCUT2D eigenvalue weighted by Gasteiger charge is -2.17. The van der Waals surface area contributed by atoms with E-state index in [1.165, 1.54) is 106 Å². The van der Waals surface area contributed by atoms with E-state index in [9.17, 15) is 9.59 Å². The quantitative estimate of drug-likeness (QED) is 0.0614. The molecule has 710 valence electrons. The van der Waals surface area contributed by atoms with Crippen LogP contribution in [0.4, 0.5) is 17.1 Å². The minimum atomic E-state index is 0.0699. The Balaban J connectivity index is 0.000000128. The third-order valence-corrected chi connectivity index (χ3v) is 25.7. The molecule has 21 aromatic carbocycles. The molecule has 8 nitrogen and oxygen atoms in total. The van der Waals surface area contributed by atoms with E-state index in [4.69, 9.17) is 9.98 Å². The molecule has 0 aliphatic rings. The Hall–Kier alpha value is -16.9. The van der Waals surface area contributed by atoms with Crippen molar-refractivity contribution in [2.24, 2.45) is 30.0 Å². The van der Waals surface area contributed by atoms with Crippen LogP contribution in [0.3, 0.4) is 0 Å². The van der Waals surface area contributed by atoms with E-state index in [-0.39, 0.29) is 10.9 Å². The zero-order chi connectivity index (χ0) is 101. The highest BCUT2D eigenvalue weighted by molar-refractivity contribution is 6.41. The molecular formula is C136H124N6O2. The third-order valence-electron chi connectivity index (χ3n) is 25.7. The molecule has 0 heterocycles. The van der Waals surface area contributed by atoms with Crippen molar-refractivity contribution in [2.75, 3.05) is 21.1 Å². The maximum absolute atomic E-state index is 13.6. The van der Waals surface area contributed by atoms with Gasteiger partial charge in [-0.05, 0) is 238 Å². The molecule has 0 saturated carbocycles. The topological polar surface area (TPSA) is 108 Å². The lowest BCUT2D eigenvalue weighted by molar-refractivity contribution is 1.34. The van der Waals surface area contributed by atoms with Crippen molar-refractivity contribution in [1.82, 2.24) is 0 Å². The molecule has 0 unspecified atom stereocenters. The van der Waals surface area contributed by atoms with E-state index < -0.39 is 0 Å². The van der Waals surface area contributed by atoms with Crippen LogP contribution in [0.1, 0.15) is 146 Å². The van der Waals surface area contributed by atoms with Crippen molar-refractivity contribution < 1.29 is 0 Å². The van der Waals surface area contributed by atoms with Crippen molar-refractivity contribution in [2.45, 2.75) is 104 Å². The summed E-state index contributed by atoms with van der Waals surface area (Å²) in [4.78, 5) is 54.8. The Bertz CT molecular complexity index is 8070. The van der Waals surface area contributed by atoms with Crippen LogP contribution in [-0.4, -0.2) is 55.4 Å². The van der Waals surface area contributed by atoms with Gasteiger partial charge in [-0.15, -0.1) is 0 Å². The standard InChI is InChI=1S/C30H18O2.2C21H19N.4C16H17N/c1-15-9-11-17-23(13-15)29(31)21-7-3-6-20-26-18-12-10-16(2)14-24(18)30(32)22-8-4-5-19(28(22)26)25(17)27(20)21;1-16-8-6-10-18(14-16)21(19-11-7-9-17(2)15-19)22-20-12-4-3-5-13-20;1-16-8-12-18(13-9-16)21(19-14-10-17(2)11-15-19)22-20-6-4-3-5-7-20;1-12-4-8-14(9-5-12)16(17-3)15-10-6-13(2)7-11-15;1-12-6-4-8-14(10-12)16(17-3)15-9-5-7-13(2)11-15;1-12-9-10-13(2)15(11-12)16(17-3)14-7-5-4-6-8-14;1-12-9-10-13(2)16(11-12)14(3)17-15-7-5-4-6-8-15/h3-14H,1-2H3;2*3-15H,1-2H3;4*4-11H,1-3H3. The summed E-state index contributed by atoms with van der Waals surface area (Å²) in [5, 5.41) is 11.1. The first-order valence-electron chi connectivity index (χ1n) is 49.2. The van der Waals surface area contributed by atoms with Crippen LogP contribution in [0.5, 0.6) is 0 Å². The Morgan fingerprint density at radius 3 is 0.764 bits per heavy atom. The number of para-hydroxylation sites is 3. The predicted molar refractivity (Wildman–Crippen MR) is 620 cm³/mol. The van der Waals surface area contributed by atoms with Crippen molar-refractivity contribution >= 4 is 116 Å². The summed E-state index contributed by atoms with van der Waals surface area (Å²) >= 11 is 0. The minimum absolute atomic E-state index is 0.0699. The molecule has 0 bridgehead atoms. The molecule has 0 radical (unpaired) electrons. The molecule has 21 rings (SSSR count). The summed E-state index contributed by atoms with van der Waals surface area (Å²) in [5.74, 6) is 0. The van der Waals surface area contributed by atoms with Crippen LogP contribution < -0.4 is 10.9 Å². The van der Waals surface area contributed by atoms with Gasteiger partial charge in [-0.2, -0.15) is 0 Å². The van der Waals surface area contributed by atoms with E-state index in [1.807, 2.05) is 181 Å². The Kier molecular flexibility index (Phi) is 33.7. The van der Waals surface area contributed by atoms with Gasteiger partial charge in [0, 0.05) is 115 Å². The van der Waals surface area contributed by atoms with E-state index in [1.54, 1.807) is 0 Å². The van der Waals surface area contributed by atoms with Gasteiger partial charge < -0.3 is 0 Å². The van der Waals surface area contributed by atoms with Gasteiger partial charge in [0.2, 0.25) is 0 Å². The van der Waals surface area contributed by atoms with Crippen LogP contribution in [-0.2, 0) is 0 Å². The maximum Gasteiger partial charge on any atom is 0.194 e. The third kappa shape index (κ3) is 25.1. The van der Waals surface area contributed by atoms with E-state index >= 15 is 0 Å².